The van der Waals surface area contributed by atoms with Crippen LogP contribution in [0.15, 0.2) is 0 Å². The van der Waals surface area contributed by atoms with E-state index in [0.29, 0.717) is 6.61 Å². The van der Waals surface area contributed by atoms with Crippen molar-refractivity contribution in [3.05, 3.63) is 0 Å². The van der Waals surface area contributed by atoms with Gasteiger partial charge < -0.3 is 14.9 Å². The van der Waals surface area contributed by atoms with E-state index in [-0.39, 0.29) is 12.7 Å². The van der Waals surface area contributed by atoms with Crippen LogP contribution in [0, 0.1) is 5.92 Å². The van der Waals surface area contributed by atoms with E-state index < -0.39 is 0 Å². The van der Waals surface area contributed by atoms with Gasteiger partial charge in [0.1, 0.15) is 0 Å². The second-order valence-corrected chi connectivity index (χ2v) is 4.75. The van der Waals surface area contributed by atoms with Gasteiger partial charge in [0, 0.05) is 13.2 Å². The summed E-state index contributed by atoms with van der Waals surface area (Å²) < 4.78 is 5.05. The van der Waals surface area contributed by atoms with Gasteiger partial charge in [0.2, 0.25) is 0 Å². The third-order valence-corrected chi connectivity index (χ3v) is 3.01. The van der Waals surface area contributed by atoms with Crippen LogP contribution in [0.3, 0.4) is 0 Å². The first-order chi connectivity index (χ1) is 8.28. The maximum absolute atomic E-state index is 8.44. The summed E-state index contributed by atoms with van der Waals surface area (Å²) in [7, 11) is 0. The van der Waals surface area contributed by atoms with Gasteiger partial charge in [0.25, 0.3) is 0 Å². The lowest BCUT2D eigenvalue weighted by atomic mass is 10.2. The molecular weight excluding hydrogens is 216 g/mol. The van der Waals surface area contributed by atoms with Crippen molar-refractivity contribution in [1.29, 1.82) is 0 Å². The monoisotopic (exact) mass is 246 g/mol. The van der Waals surface area contributed by atoms with E-state index in [1.165, 1.54) is 19.3 Å². The fraction of sp³-hybridized carbons (Fsp3) is 1.00. The predicted molar refractivity (Wildman–Crippen MR) is 71.1 cm³/mol. The molecule has 1 atom stereocenters. The van der Waals surface area contributed by atoms with Crippen LogP contribution in [-0.4, -0.2) is 36.1 Å². The summed E-state index contributed by atoms with van der Waals surface area (Å²) >= 11 is 0. The van der Waals surface area contributed by atoms with Gasteiger partial charge in [-0.2, -0.15) is 0 Å². The quantitative estimate of drug-likeness (QED) is 0.802. The standard InChI is InChI=1S/C5H10O2.C5H10.C4H10O/c6-4-5-2-1-3-7-5;1-2-5-3-4-5;1-2-3-4-5/h5-6H,1-4H2;2*5H,2-4H2,1H3/t5-;;/m0../s1. The Morgan fingerprint density at radius 3 is 1.94 bits per heavy atom. The molecule has 2 N–H and O–H groups in total. The van der Waals surface area contributed by atoms with Crippen LogP contribution >= 0.6 is 0 Å². The zero-order valence-corrected chi connectivity index (χ0v) is 11.5. The fourth-order valence-electron chi connectivity index (χ4n) is 1.47. The Labute approximate surface area is 106 Å². The van der Waals surface area contributed by atoms with Crippen molar-refractivity contribution in [2.45, 2.75) is 64.9 Å². The summed E-state index contributed by atoms with van der Waals surface area (Å²) in [5, 5.41) is 16.5. The summed E-state index contributed by atoms with van der Waals surface area (Å²) in [6, 6.07) is 0. The van der Waals surface area contributed by atoms with E-state index in [1.807, 2.05) is 0 Å². The predicted octanol–water partition coefficient (Wildman–Crippen LogP) is 2.74. The van der Waals surface area contributed by atoms with E-state index in [4.69, 9.17) is 14.9 Å². The second kappa shape index (κ2) is 12.3. The molecule has 0 aromatic carbocycles. The van der Waals surface area contributed by atoms with Crippen molar-refractivity contribution in [2.75, 3.05) is 19.8 Å². The van der Waals surface area contributed by atoms with Crippen LogP contribution in [0.5, 0.6) is 0 Å². The molecule has 0 amide bonds. The SMILES string of the molecule is CCC1CC1.CCCCO.OC[C@@H]1CCCO1. The largest absolute Gasteiger partial charge is 0.396 e. The average molecular weight is 246 g/mol. The molecule has 1 heterocycles. The minimum Gasteiger partial charge on any atom is -0.396 e. The van der Waals surface area contributed by atoms with E-state index in [2.05, 4.69) is 13.8 Å². The molecule has 0 unspecified atom stereocenters. The lowest BCUT2D eigenvalue weighted by molar-refractivity contribution is 0.0591. The van der Waals surface area contributed by atoms with Gasteiger partial charge in [-0.05, 0) is 25.2 Å². The number of aliphatic hydroxyl groups is 2. The van der Waals surface area contributed by atoms with Gasteiger partial charge in [-0.25, -0.2) is 0 Å². The van der Waals surface area contributed by atoms with Gasteiger partial charge >= 0.3 is 0 Å². The van der Waals surface area contributed by atoms with Crippen LogP contribution in [0.1, 0.15) is 58.8 Å². The summed E-state index contributed by atoms with van der Waals surface area (Å²) in [6.07, 6.45) is 8.78. The third kappa shape index (κ3) is 12.1. The molecule has 2 rings (SSSR count). The molecule has 1 aliphatic carbocycles. The zero-order chi connectivity index (χ0) is 12.9. The summed E-state index contributed by atoms with van der Waals surface area (Å²) in [5.74, 6) is 1.13. The second-order valence-electron chi connectivity index (χ2n) is 4.75. The minimum atomic E-state index is 0.153. The first-order valence-corrected chi connectivity index (χ1v) is 7.11. The van der Waals surface area contributed by atoms with Crippen molar-refractivity contribution in [2.24, 2.45) is 5.92 Å². The van der Waals surface area contributed by atoms with E-state index in [0.717, 1.165) is 38.2 Å². The van der Waals surface area contributed by atoms with Gasteiger partial charge in [-0.3, -0.25) is 0 Å². The van der Waals surface area contributed by atoms with Gasteiger partial charge in [-0.1, -0.05) is 39.5 Å². The first-order valence-electron chi connectivity index (χ1n) is 7.11. The van der Waals surface area contributed by atoms with Gasteiger partial charge in [0.15, 0.2) is 0 Å². The molecule has 0 spiro atoms. The zero-order valence-electron chi connectivity index (χ0n) is 11.5. The summed E-state index contributed by atoms with van der Waals surface area (Å²) in [6.45, 7) is 5.69. The van der Waals surface area contributed by atoms with Crippen LogP contribution in [0.25, 0.3) is 0 Å². The Bertz CT molecular complexity index is 138. The third-order valence-electron chi connectivity index (χ3n) is 3.01. The lowest BCUT2D eigenvalue weighted by Gasteiger charge is -2.00. The summed E-state index contributed by atoms with van der Waals surface area (Å²) in [5.41, 5.74) is 0. The van der Waals surface area contributed by atoms with Crippen molar-refractivity contribution in [3.63, 3.8) is 0 Å². The maximum Gasteiger partial charge on any atom is 0.0806 e. The molecule has 3 nitrogen and oxygen atoms in total. The van der Waals surface area contributed by atoms with E-state index in [9.17, 15) is 0 Å². The molecule has 3 heteroatoms. The van der Waals surface area contributed by atoms with Crippen LogP contribution in [0.2, 0.25) is 0 Å². The van der Waals surface area contributed by atoms with Crippen LogP contribution < -0.4 is 0 Å². The highest BCUT2D eigenvalue weighted by molar-refractivity contribution is 4.69. The van der Waals surface area contributed by atoms with E-state index >= 15 is 0 Å². The molecule has 17 heavy (non-hydrogen) atoms. The Hall–Kier alpha value is -0.120. The highest BCUT2D eigenvalue weighted by Crippen LogP contribution is 2.31. The van der Waals surface area contributed by atoms with Crippen molar-refractivity contribution in [1.82, 2.24) is 0 Å². The molecule has 1 aliphatic heterocycles. The lowest BCUT2D eigenvalue weighted by Crippen LogP contribution is -2.09. The molecule has 2 aliphatic rings. The molecule has 0 radical (unpaired) electrons. The fourth-order valence-corrected chi connectivity index (χ4v) is 1.47. The number of aliphatic hydroxyl groups excluding tert-OH is 2. The normalized spacial score (nSPS) is 22.2. The Morgan fingerprint density at radius 1 is 1.12 bits per heavy atom. The van der Waals surface area contributed by atoms with Crippen molar-refractivity contribution >= 4 is 0 Å². The number of hydrogen-bond donors (Lipinski definition) is 2. The van der Waals surface area contributed by atoms with Crippen LogP contribution in [0.4, 0.5) is 0 Å². The van der Waals surface area contributed by atoms with Gasteiger partial charge in [0.05, 0.1) is 12.7 Å². The molecule has 0 aromatic heterocycles. The molecule has 0 bridgehead atoms. The smallest absolute Gasteiger partial charge is 0.0806 e. The number of ether oxygens (including phenoxy) is 1. The number of hydrogen-bond acceptors (Lipinski definition) is 3. The Balaban J connectivity index is 0.000000232. The van der Waals surface area contributed by atoms with Crippen LogP contribution in [-0.2, 0) is 4.74 Å². The molecule has 1 saturated heterocycles. The van der Waals surface area contributed by atoms with E-state index in [1.54, 1.807) is 0 Å². The highest BCUT2D eigenvalue weighted by Gasteiger charge is 2.17. The number of unbranched alkanes of at least 4 members (excludes halogenated alkanes) is 1. The number of rotatable bonds is 4. The van der Waals surface area contributed by atoms with Crippen molar-refractivity contribution < 1.29 is 14.9 Å². The molecule has 104 valence electrons. The molecule has 1 saturated carbocycles. The average Bonchev–Trinajstić information content (AvgIpc) is 3.06. The highest BCUT2D eigenvalue weighted by atomic mass is 16.5. The topological polar surface area (TPSA) is 49.7 Å². The Kier molecular flexibility index (Phi) is 12.3. The molecule has 0 aromatic rings. The summed E-state index contributed by atoms with van der Waals surface area (Å²) in [4.78, 5) is 0. The van der Waals surface area contributed by atoms with Crippen molar-refractivity contribution in [3.8, 4) is 0 Å². The minimum absolute atomic E-state index is 0.153. The van der Waals surface area contributed by atoms with Gasteiger partial charge in [-0.15, -0.1) is 0 Å². The maximum atomic E-state index is 8.44. The first kappa shape index (κ1) is 16.9. The Morgan fingerprint density at radius 2 is 1.82 bits per heavy atom. The molecule has 2 fully saturated rings. The molecular formula is C14H30O3.